The smallest absolute Gasteiger partial charge is 0.123 e. The van der Waals surface area contributed by atoms with Gasteiger partial charge in [0.25, 0.3) is 0 Å². The van der Waals surface area contributed by atoms with Crippen molar-refractivity contribution in [1.29, 1.82) is 5.26 Å². The van der Waals surface area contributed by atoms with Crippen molar-refractivity contribution in [2.45, 2.75) is 19.4 Å². The van der Waals surface area contributed by atoms with E-state index in [1.165, 1.54) is 0 Å². The minimum absolute atomic E-state index is 0.0169. The van der Waals surface area contributed by atoms with Crippen molar-refractivity contribution in [2.75, 3.05) is 5.73 Å². The quantitative estimate of drug-likeness (QED) is 0.683. The van der Waals surface area contributed by atoms with Gasteiger partial charge in [0.15, 0.2) is 0 Å². The van der Waals surface area contributed by atoms with Gasteiger partial charge in [-0.25, -0.2) is 0 Å². The first-order chi connectivity index (χ1) is 6.70. The summed E-state index contributed by atoms with van der Waals surface area (Å²) in [5.41, 5.74) is 7.52. The van der Waals surface area contributed by atoms with E-state index in [9.17, 15) is 0 Å². The molecule has 3 nitrogen and oxygen atoms in total. The molecule has 2 N–H and O–H groups in total. The van der Waals surface area contributed by atoms with E-state index in [0.29, 0.717) is 0 Å². The van der Waals surface area contributed by atoms with E-state index in [1.54, 1.807) is 0 Å². The van der Waals surface area contributed by atoms with Gasteiger partial charge < -0.3 is 10.5 Å². The molecule has 2 rings (SSSR count). The Bertz CT molecular complexity index is 395. The maximum Gasteiger partial charge on any atom is 0.123 e. The normalized spacial score (nSPS) is 20.7. The Morgan fingerprint density at radius 2 is 2.43 bits per heavy atom. The van der Waals surface area contributed by atoms with Crippen molar-refractivity contribution in [3.63, 3.8) is 0 Å². The molecule has 0 aromatic heterocycles. The molecule has 0 aliphatic carbocycles. The van der Waals surface area contributed by atoms with Crippen LogP contribution in [0, 0.1) is 17.2 Å². The van der Waals surface area contributed by atoms with Gasteiger partial charge in [0.1, 0.15) is 11.9 Å². The van der Waals surface area contributed by atoms with Crippen LogP contribution < -0.4 is 10.5 Å². The molecule has 0 fully saturated rings. The van der Waals surface area contributed by atoms with Gasteiger partial charge in [-0.05, 0) is 30.7 Å². The van der Waals surface area contributed by atoms with Crippen LogP contribution in [0.3, 0.4) is 0 Å². The highest BCUT2D eigenvalue weighted by Crippen LogP contribution is 2.32. The third-order valence-corrected chi connectivity index (χ3v) is 2.55. The minimum Gasteiger partial charge on any atom is -0.488 e. The van der Waals surface area contributed by atoms with Crippen LogP contribution in [-0.2, 0) is 6.42 Å². The van der Waals surface area contributed by atoms with Crippen LogP contribution in [0.2, 0.25) is 0 Å². The first-order valence-electron chi connectivity index (χ1n) is 4.65. The predicted octanol–water partition coefficient (Wildman–Crippen LogP) is 1.73. The Morgan fingerprint density at radius 1 is 1.64 bits per heavy atom. The molecule has 1 aromatic carbocycles. The van der Waals surface area contributed by atoms with E-state index in [0.717, 1.165) is 23.4 Å². The maximum absolute atomic E-state index is 8.77. The molecule has 0 radical (unpaired) electrons. The maximum atomic E-state index is 8.77. The molecule has 0 spiro atoms. The molecule has 3 heteroatoms. The minimum atomic E-state index is -0.0800. The van der Waals surface area contributed by atoms with Gasteiger partial charge in [0.05, 0.1) is 12.0 Å². The second kappa shape index (κ2) is 3.22. The summed E-state index contributed by atoms with van der Waals surface area (Å²) in [6.07, 6.45) is 0.770. The van der Waals surface area contributed by atoms with Crippen molar-refractivity contribution in [2.24, 2.45) is 5.92 Å². The number of nitriles is 1. The number of anilines is 1. The van der Waals surface area contributed by atoms with Crippen molar-refractivity contribution < 1.29 is 4.74 Å². The summed E-state index contributed by atoms with van der Waals surface area (Å²) in [4.78, 5) is 0. The van der Waals surface area contributed by atoms with Crippen LogP contribution >= 0.6 is 0 Å². The molecule has 1 aliphatic heterocycles. The Kier molecular flexibility index (Phi) is 2.05. The van der Waals surface area contributed by atoms with Crippen LogP contribution in [0.25, 0.3) is 0 Å². The summed E-state index contributed by atoms with van der Waals surface area (Å²) >= 11 is 0. The number of rotatable bonds is 1. The van der Waals surface area contributed by atoms with Crippen LogP contribution in [0.4, 0.5) is 5.69 Å². The predicted molar refractivity (Wildman–Crippen MR) is 53.8 cm³/mol. The summed E-state index contributed by atoms with van der Waals surface area (Å²) in [5.74, 6) is 0.787. The molecular formula is C11H12N2O. The third kappa shape index (κ3) is 1.39. The molecule has 1 aromatic rings. The zero-order valence-corrected chi connectivity index (χ0v) is 8.03. The highest BCUT2D eigenvalue weighted by atomic mass is 16.5. The van der Waals surface area contributed by atoms with Crippen molar-refractivity contribution >= 4 is 5.69 Å². The van der Waals surface area contributed by atoms with Gasteiger partial charge in [-0.3, -0.25) is 0 Å². The van der Waals surface area contributed by atoms with Gasteiger partial charge in [-0.2, -0.15) is 5.26 Å². The number of hydrogen-bond acceptors (Lipinski definition) is 3. The number of hydrogen-bond donors (Lipinski definition) is 1. The lowest BCUT2D eigenvalue weighted by molar-refractivity contribution is 0.196. The lowest BCUT2D eigenvalue weighted by Gasteiger charge is -2.11. The topological polar surface area (TPSA) is 59.0 Å². The molecule has 0 bridgehead atoms. The fourth-order valence-electron chi connectivity index (χ4n) is 1.66. The molecule has 2 atom stereocenters. The molecule has 14 heavy (non-hydrogen) atoms. The molecule has 1 heterocycles. The fourth-order valence-corrected chi connectivity index (χ4v) is 1.66. The Labute approximate surface area is 83.1 Å². The van der Waals surface area contributed by atoms with Crippen molar-refractivity contribution in [3.05, 3.63) is 23.8 Å². The highest BCUT2D eigenvalue weighted by molar-refractivity contribution is 5.49. The van der Waals surface area contributed by atoms with Crippen molar-refractivity contribution in [3.8, 4) is 11.8 Å². The highest BCUT2D eigenvalue weighted by Gasteiger charge is 2.27. The first kappa shape index (κ1) is 8.89. The zero-order chi connectivity index (χ0) is 10.1. The molecule has 1 aliphatic rings. The standard InChI is InChI=1S/C11H12N2O/c1-7(6-12)11-5-8-4-9(13)2-3-10(8)14-11/h2-4,7,11H,5,13H2,1H3. The summed E-state index contributed by atoms with van der Waals surface area (Å²) in [7, 11) is 0. The number of ether oxygens (including phenoxy) is 1. The van der Waals surface area contributed by atoms with E-state index >= 15 is 0 Å². The van der Waals surface area contributed by atoms with Crippen LogP contribution in [0.15, 0.2) is 18.2 Å². The number of benzene rings is 1. The van der Waals surface area contributed by atoms with Gasteiger partial charge in [0.2, 0.25) is 0 Å². The SMILES string of the molecule is CC(C#N)C1Cc2cc(N)ccc2O1. The molecule has 0 saturated carbocycles. The number of fused-ring (bicyclic) bond motifs is 1. The monoisotopic (exact) mass is 188 g/mol. The molecular weight excluding hydrogens is 176 g/mol. The third-order valence-electron chi connectivity index (χ3n) is 2.55. The molecule has 2 unspecified atom stereocenters. The number of nitrogens with zero attached hydrogens (tertiary/aromatic N) is 1. The number of nitrogens with two attached hydrogens (primary N) is 1. The average molecular weight is 188 g/mol. The second-order valence-corrected chi connectivity index (χ2v) is 3.65. The van der Waals surface area contributed by atoms with E-state index in [-0.39, 0.29) is 12.0 Å². The molecule has 0 amide bonds. The lowest BCUT2D eigenvalue weighted by atomic mass is 10.0. The van der Waals surface area contributed by atoms with Crippen LogP contribution in [-0.4, -0.2) is 6.10 Å². The fraction of sp³-hybridized carbons (Fsp3) is 0.364. The summed E-state index contributed by atoms with van der Waals surface area (Å²) in [6.45, 7) is 1.87. The van der Waals surface area contributed by atoms with Crippen molar-refractivity contribution in [1.82, 2.24) is 0 Å². The van der Waals surface area contributed by atoms with E-state index in [2.05, 4.69) is 6.07 Å². The van der Waals surface area contributed by atoms with Crippen LogP contribution in [0.1, 0.15) is 12.5 Å². The average Bonchev–Trinajstić information content (AvgIpc) is 2.59. The first-order valence-corrected chi connectivity index (χ1v) is 4.65. The van der Waals surface area contributed by atoms with Gasteiger partial charge in [-0.1, -0.05) is 0 Å². The van der Waals surface area contributed by atoms with E-state index in [4.69, 9.17) is 15.7 Å². The zero-order valence-electron chi connectivity index (χ0n) is 8.03. The Morgan fingerprint density at radius 3 is 3.14 bits per heavy atom. The van der Waals surface area contributed by atoms with Crippen LogP contribution in [0.5, 0.6) is 5.75 Å². The lowest BCUT2D eigenvalue weighted by Crippen LogP contribution is -2.21. The number of nitrogen functional groups attached to an aromatic ring is 1. The summed E-state index contributed by atoms with van der Waals surface area (Å²) in [5, 5.41) is 8.77. The van der Waals surface area contributed by atoms with Gasteiger partial charge >= 0.3 is 0 Å². The second-order valence-electron chi connectivity index (χ2n) is 3.65. The largest absolute Gasteiger partial charge is 0.488 e. The van der Waals surface area contributed by atoms with E-state index in [1.807, 2.05) is 25.1 Å². The Hall–Kier alpha value is -1.69. The summed E-state index contributed by atoms with van der Waals surface area (Å²) in [6, 6.07) is 7.80. The van der Waals surface area contributed by atoms with Gasteiger partial charge in [0, 0.05) is 12.1 Å². The van der Waals surface area contributed by atoms with E-state index < -0.39 is 0 Å². The summed E-state index contributed by atoms with van der Waals surface area (Å²) < 4.78 is 5.64. The molecule has 72 valence electrons. The Balaban J connectivity index is 2.23. The molecule has 0 saturated heterocycles. The van der Waals surface area contributed by atoms with Gasteiger partial charge in [-0.15, -0.1) is 0 Å².